The number of guanidine groups is 1. The van der Waals surface area contributed by atoms with Gasteiger partial charge in [-0.05, 0) is 65.5 Å². The second-order valence-corrected chi connectivity index (χ2v) is 8.34. The summed E-state index contributed by atoms with van der Waals surface area (Å²) >= 11 is 0. The van der Waals surface area contributed by atoms with Gasteiger partial charge < -0.3 is 15.5 Å². The van der Waals surface area contributed by atoms with Crippen LogP contribution in [-0.2, 0) is 4.79 Å². The largest absolute Gasteiger partial charge is 0.359 e. The molecule has 0 saturated carbocycles. The van der Waals surface area contributed by atoms with Gasteiger partial charge in [0, 0.05) is 38.6 Å². The molecule has 2 heterocycles. The predicted octanol–water partition coefficient (Wildman–Crippen LogP) is 2.68. The van der Waals surface area contributed by atoms with Crippen LogP contribution in [0.4, 0.5) is 0 Å². The summed E-state index contributed by atoms with van der Waals surface area (Å²) in [5.41, 5.74) is 0.110. The first-order valence-electron chi connectivity index (χ1n) is 10.4. The number of carbonyl (C=O) groups is 1. The Balaban J connectivity index is 0.00000364. The minimum atomic E-state index is 0. The van der Waals surface area contributed by atoms with Gasteiger partial charge in [-0.1, -0.05) is 6.42 Å². The fraction of sp³-hybridized carbons (Fsp3) is 0.900. The molecule has 2 saturated heterocycles. The molecule has 2 aliphatic heterocycles. The van der Waals surface area contributed by atoms with Crippen molar-refractivity contribution in [2.45, 2.75) is 64.8 Å². The van der Waals surface area contributed by atoms with Gasteiger partial charge >= 0.3 is 0 Å². The van der Waals surface area contributed by atoms with Gasteiger partial charge in [-0.15, -0.1) is 24.0 Å². The third-order valence-corrected chi connectivity index (χ3v) is 5.83. The lowest BCUT2D eigenvalue weighted by molar-refractivity contribution is -0.121. The molecule has 0 aromatic rings. The van der Waals surface area contributed by atoms with E-state index in [1.807, 2.05) is 0 Å². The van der Waals surface area contributed by atoms with Gasteiger partial charge in [-0.2, -0.15) is 0 Å². The lowest BCUT2D eigenvalue weighted by atomic mass is 9.93. The maximum absolute atomic E-state index is 11.6. The van der Waals surface area contributed by atoms with Crippen LogP contribution in [0.5, 0.6) is 0 Å². The molecule has 0 aromatic heterocycles. The molecule has 0 unspecified atom stereocenters. The number of carbonyl (C=O) groups excluding carboxylic acids is 1. The van der Waals surface area contributed by atoms with Crippen LogP contribution in [-0.4, -0.2) is 73.5 Å². The maximum atomic E-state index is 11.6. The third-order valence-electron chi connectivity index (χ3n) is 5.83. The first-order valence-corrected chi connectivity index (χ1v) is 10.4. The smallest absolute Gasteiger partial charge is 0.220 e. The van der Waals surface area contributed by atoms with Crippen molar-refractivity contribution in [2.75, 3.05) is 46.3 Å². The Hall–Kier alpha value is -0.570. The topological polar surface area (TPSA) is 60.0 Å². The van der Waals surface area contributed by atoms with E-state index >= 15 is 0 Å². The molecule has 7 heteroatoms. The van der Waals surface area contributed by atoms with E-state index in [1.54, 1.807) is 7.05 Å². The van der Waals surface area contributed by atoms with Crippen molar-refractivity contribution in [1.29, 1.82) is 0 Å². The van der Waals surface area contributed by atoms with E-state index in [0.717, 1.165) is 45.0 Å². The summed E-state index contributed by atoms with van der Waals surface area (Å²) in [6, 6.07) is 0. The highest BCUT2D eigenvalue weighted by atomic mass is 127. The highest BCUT2D eigenvalue weighted by Gasteiger charge is 2.29. The average molecular weight is 493 g/mol. The molecule has 1 amide bonds. The SMILES string of the molecule is CCNC(=NCC(C)(C)N1CCCCC1)N1CCC(CC(=O)NC)CC1.I. The van der Waals surface area contributed by atoms with Crippen molar-refractivity contribution in [1.82, 2.24) is 20.4 Å². The summed E-state index contributed by atoms with van der Waals surface area (Å²) in [5.74, 6) is 1.70. The number of nitrogens with one attached hydrogen (secondary N) is 2. The van der Waals surface area contributed by atoms with Crippen LogP contribution in [0.15, 0.2) is 4.99 Å². The number of likely N-dealkylation sites (tertiary alicyclic amines) is 2. The number of amides is 1. The zero-order valence-electron chi connectivity index (χ0n) is 17.7. The number of hydrogen-bond donors (Lipinski definition) is 2. The number of halogens is 1. The number of piperidine rings is 2. The normalized spacial score (nSPS) is 20.1. The Morgan fingerprint density at radius 3 is 2.30 bits per heavy atom. The summed E-state index contributed by atoms with van der Waals surface area (Å²) in [5, 5.41) is 6.21. The van der Waals surface area contributed by atoms with Gasteiger partial charge in [-0.3, -0.25) is 14.7 Å². The Morgan fingerprint density at radius 2 is 1.74 bits per heavy atom. The van der Waals surface area contributed by atoms with E-state index in [-0.39, 0.29) is 35.4 Å². The van der Waals surface area contributed by atoms with Crippen molar-refractivity contribution in [2.24, 2.45) is 10.9 Å². The summed E-state index contributed by atoms with van der Waals surface area (Å²) in [7, 11) is 1.72. The monoisotopic (exact) mass is 493 g/mol. The molecule has 158 valence electrons. The fourth-order valence-electron chi connectivity index (χ4n) is 4.01. The van der Waals surface area contributed by atoms with Crippen LogP contribution in [0.25, 0.3) is 0 Å². The quantitative estimate of drug-likeness (QED) is 0.340. The highest BCUT2D eigenvalue weighted by molar-refractivity contribution is 14.0. The molecule has 0 spiro atoms. The van der Waals surface area contributed by atoms with E-state index in [4.69, 9.17) is 4.99 Å². The molecule has 0 bridgehead atoms. The van der Waals surface area contributed by atoms with Crippen molar-refractivity contribution < 1.29 is 4.79 Å². The maximum Gasteiger partial charge on any atom is 0.220 e. The van der Waals surface area contributed by atoms with Gasteiger partial charge in [0.2, 0.25) is 5.91 Å². The van der Waals surface area contributed by atoms with Gasteiger partial charge in [0.05, 0.1) is 6.54 Å². The van der Waals surface area contributed by atoms with E-state index in [9.17, 15) is 4.79 Å². The lowest BCUT2D eigenvalue weighted by Crippen LogP contribution is -2.50. The van der Waals surface area contributed by atoms with E-state index < -0.39 is 0 Å². The zero-order valence-corrected chi connectivity index (χ0v) is 20.1. The highest BCUT2D eigenvalue weighted by Crippen LogP contribution is 2.22. The molecule has 0 aromatic carbocycles. The molecule has 0 radical (unpaired) electrons. The zero-order chi connectivity index (χ0) is 19.0. The lowest BCUT2D eigenvalue weighted by Gasteiger charge is -2.40. The number of aliphatic imine (C=N–C) groups is 1. The summed E-state index contributed by atoms with van der Waals surface area (Å²) in [6.07, 6.45) is 6.77. The van der Waals surface area contributed by atoms with Crippen LogP contribution in [0.3, 0.4) is 0 Å². The fourth-order valence-corrected chi connectivity index (χ4v) is 4.01. The molecule has 0 atom stereocenters. The van der Waals surface area contributed by atoms with E-state index in [1.165, 1.54) is 32.4 Å². The number of rotatable bonds is 6. The van der Waals surface area contributed by atoms with Crippen LogP contribution >= 0.6 is 24.0 Å². The van der Waals surface area contributed by atoms with Crippen molar-refractivity contribution in [3.8, 4) is 0 Å². The molecular formula is C20H40IN5O. The molecule has 2 N–H and O–H groups in total. The summed E-state index contributed by atoms with van der Waals surface area (Å²) in [6.45, 7) is 12.9. The van der Waals surface area contributed by atoms with Gasteiger partial charge in [0.1, 0.15) is 0 Å². The average Bonchev–Trinajstić information content (AvgIpc) is 2.66. The molecular weight excluding hydrogens is 453 g/mol. The van der Waals surface area contributed by atoms with E-state index in [0.29, 0.717) is 12.3 Å². The molecule has 27 heavy (non-hydrogen) atoms. The van der Waals surface area contributed by atoms with Crippen LogP contribution in [0, 0.1) is 5.92 Å². The van der Waals surface area contributed by atoms with Crippen molar-refractivity contribution >= 4 is 35.8 Å². The Morgan fingerprint density at radius 1 is 1.11 bits per heavy atom. The molecule has 6 nitrogen and oxygen atoms in total. The summed E-state index contributed by atoms with van der Waals surface area (Å²) in [4.78, 5) is 21.6. The van der Waals surface area contributed by atoms with Crippen LogP contribution in [0.1, 0.15) is 59.3 Å². The minimum Gasteiger partial charge on any atom is -0.359 e. The second-order valence-electron chi connectivity index (χ2n) is 8.34. The Bertz CT molecular complexity index is 469. The summed E-state index contributed by atoms with van der Waals surface area (Å²) < 4.78 is 0. The van der Waals surface area contributed by atoms with Gasteiger partial charge in [0.15, 0.2) is 5.96 Å². The van der Waals surface area contributed by atoms with Gasteiger partial charge in [0.25, 0.3) is 0 Å². The predicted molar refractivity (Wildman–Crippen MR) is 124 cm³/mol. The standard InChI is InChI=1S/C20H39N5O.HI/c1-5-22-19(23-16-20(2,3)25-11-7-6-8-12-25)24-13-9-17(10-14-24)15-18(26)21-4;/h17H,5-16H2,1-4H3,(H,21,26)(H,22,23);1H. The van der Waals surface area contributed by atoms with Crippen molar-refractivity contribution in [3.05, 3.63) is 0 Å². The number of nitrogens with zero attached hydrogens (tertiary/aromatic N) is 3. The van der Waals surface area contributed by atoms with E-state index in [2.05, 4.69) is 41.2 Å². The molecule has 2 fully saturated rings. The van der Waals surface area contributed by atoms with Crippen LogP contribution < -0.4 is 10.6 Å². The Labute approximate surface area is 182 Å². The van der Waals surface area contributed by atoms with Gasteiger partial charge in [-0.25, -0.2) is 0 Å². The minimum absolute atomic E-state index is 0. The number of hydrogen-bond acceptors (Lipinski definition) is 3. The molecule has 2 rings (SSSR count). The van der Waals surface area contributed by atoms with Crippen molar-refractivity contribution in [3.63, 3.8) is 0 Å². The second kappa shape index (κ2) is 12.1. The molecule has 0 aliphatic carbocycles. The van der Waals surface area contributed by atoms with Crippen LogP contribution in [0.2, 0.25) is 0 Å². The third kappa shape index (κ3) is 7.75. The molecule has 2 aliphatic rings. The first kappa shape index (κ1) is 24.5. The Kier molecular flexibility index (Phi) is 11.0. The first-order chi connectivity index (χ1) is 12.5.